The molecule has 0 aromatic rings. The number of nitrogens with zero attached hydrogens (tertiary/aromatic N) is 2. The molecule has 0 saturated heterocycles. The zero-order valence-electron chi connectivity index (χ0n) is 13.3. The molecule has 5 heteroatoms. The van der Waals surface area contributed by atoms with Crippen molar-refractivity contribution >= 4 is 11.8 Å². The standard InChI is InChI=1S/C16H29N3O2/c1-2-3-4-5-6-7-8-9-15-18-11-13-19(15,12-10-17)14-16(20)21/h11,13H,2-10,12,14,17H2,1H3/p+1. The van der Waals surface area contributed by atoms with E-state index >= 15 is 0 Å². The van der Waals surface area contributed by atoms with Gasteiger partial charge in [-0.3, -0.25) is 0 Å². The van der Waals surface area contributed by atoms with Gasteiger partial charge >= 0.3 is 5.97 Å². The molecular formula is C16H30N3O2+. The lowest BCUT2D eigenvalue weighted by Gasteiger charge is -2.30. The molecule has 0 aromatic heterocycles. The van der Waals surface area contributed by atoms with Crippen LogP contribution in [0.1, 0.15) is 58.3 Å². The summed E-state index contributed by atoms with van der Waals surface area (Å²) in [4.78, 5) is 15.5. The molecule has 1 atom stereocenters. The molecular weight excluding hydrogens is 266 g/mol. The maximum Gasteiger partial charge on any atom is 0.360 e. The highest BCUT2D eigenvalue weighted by molar-refractivity contribution is 5.81. The minimum Gasteiger partial charge on any atom is -0.477 e. The van der Waals surface area contributed by atoms with Crippen molar-refractivity contribution in [1.29, 1.82) is 0 Å². The van der Waals surface area contributed by atoms with E-state index in [1.54, 1.807) is 6.20 Å². The third kappa shape index (κ3) is 5.98. The van der Waals surface area contributed by atoms with Gasteiger partial charge in [0.05, 0.1) is 6.20 Å². The summed E-state index contributed by atoms with van der Waals surface area (Å²) in [5.41, 5.74) is 5.66. The Bertz CT molecular complexity index is 380. The van der Waals surface area contributed by atoms with Crippen molar-refractivity contribution < 1.29 is 14.4 Å². The predicted molar refractivity (Wildman–Crippen MR) is 85.9 cm³/mol. The number of carboxylic acid groups (broad SMARTS) is 1. The van der Waals surface area contributed by atoms with Gasteiger partial charge in [-0.1, -0.05) is 45.4 Å². The van der Waals surface area contributed by atoms with E-state index < -0.39 is 5.97 Å². The number of hydrogen-bond donors (Lipinski definition) is 2. The molecule has 0 saturated carbocycles. The van der Waals surface area contributed by atoms with E-state index in [2.05, 4.69) is 11.9 Å². The van der Waals surface area contributed by atoms with Gasteiger partial charge < -0.3 is 10.8 Å². The molecule has 0 aliphatic carbocycles. The lowest BCUT2D eigenvalue weighted by molar-refractivity contribution is -0.778. The molecule has 1 rings (SSSR count). The van der Waals surface area contributed by atoms with Crippen LogP contribution in [0.2, 0.25) is 0 Å². The van der Waals surface area contributed by atoms with Gasteiger partial charge in [0.25, 0.3) is 0 Å². The van der Waals surface area contributed by atoms with Gasteiger partial charge in [0, 0.05) is 13.0 Å². The lowest BCUT2D eigenvalue weighted by Crippen LogP contribution is -2.52. The average molecular weight is 296 g/mol. The Balaban J connectivity index is 2.37. The zero-order chi connectivity index (χ0) is 15.6. The van der Waals surface area contributed by atoms with E-state index in [0.717, 1.165) is 18.7 Å². The summed E-state index contributed by atoms with van der Waals surface area (Å²) in [6.07, 6.45) is 13.2. The molecule has 0 radical (unpaired) electrons. The largest absolute Gasteiger partial charge is 0.477 e. The Hall–Kier alpha value is -1.20. The number of carbonyl (C=O) groups is 1. The molecule has 0 bridgehead atoms. The van der Waals surface area contributed by atoms with Gasteiger partial charge in [0.15, 0.2) is 6.54 Å². The summed E-state index contributed by atoms with van der Waals surface area (Å²) in [5.74, 6) is 0.152. The fourth-order valence-corrected chi connectivity index (χ4v) is 2.87. The van der Waals surface area contributed by atoms with Crippen LogP contribution in [-0.2, 0) is 4.79 Å². The summed E-state index contributed by atoms with van der Waals surface area (Å²) in [7, 11) is 0. The highest BCUT2D eigenvalue weighted by Gasteiger charge is 2.36. The molecule has 1 unspecified atom stereocenters. The van der Waals surface area contributed by atoms with Crippen molar-refractivity contribution in [3.63, 3.8) is 0 Å². The van der Waals surface area contributed by atoms with E-state index in [9.17, 15) is 4.79 Å². The van der Waals surface area contributed by atoms with Gasteiger partial charge in [0.1, 0.15) is 12.7 Å². The van der Waals surface area contributed by atoms with Crippen LogP contribution in [0, 0.1) is 0 Å². The first-order chi connectivity index (χ1) is 10.1. The fourth-order valence-electron chi connectivity index (χ4n) is 2.87. The second kappa shape index (κ2) is 9.68. The summed E-state index contributed by atoms with van der Waals surface area (Å²) < 4.78 is 0.307. The maximum absolute atomic E-state index is 11.1. The first-order valence-electron chi connectivity index (χ1n) is 8.18. The van der Waals surface area contributed by atoms with Gasteiger partial charge in [-0.2, -0.15) is 0 Å². The number of carboxylic acids is 1. The molecule has 5 nitrogen and oxygen atoms in total. The lowest BCUT2D eigenvalue weighted by atomic mass is 10.1. The highest BCUT2D eigenvalue weighted by atomic mass is 16.4. The molecule has 1 aliphatic heterocycles. The summed E-state index contributed by atoms with van der Waals surface area (Å²) in [6.45, 7) is 3.34. The summed E-state index contributed by atoms with van der Waals surface area (Å²) in [6, 6.07) is 0. The SMILES string of the molecule is CCCCCCCCCC1=NC=C[N+]1(CCN)CC(=O)O. The number of rotatable bonds is 12. The van der Waals surface area contributed by atoms with Crippen molar-refractivity contribution in [3.8, 4) is 0 Å². The Morgan fingerprint density at radius 3 is 2.52 bits per heavy atom. The van der Waals surface area contributed by atoms with Crippen molar-refractivity contribution in [1.82, 2.24) is 0 Å². The van der Waals surface area contributed by atoms with E-state index in [-0.39, 0.29) is 6.54 Å². The molecule has 120 valence electrons. The Morgan fingerprint density at radius 2 is 1.90 bits per heavy atom. The predicted octanol–water partition coefficient (Wildman–Crippen LogP) is 2.87. The Kier molecular flexibility index (Phi) is 8.23. The second-order valence-electron chi connectivity index (χ2n) is 5.81. The monoisotopic (exact) mass is 296 g/mol. The van der Waals surface area contributed by atoms with Crippen molar-refractivity contribution in [3.05, 3.63) is 12.4 Å². The number of unbranched alkanes of at least 4 members (excludes halogenated alkanes) is 6. The average Bonchev–Trinajstić information content (AvgIpc) is 2.80. The van der Waals surface area contributed by atoms with Crippen LogP contribution in [0.3, 0.4) is 0 Å². The number of aliphatic carboxylic acids is 1. The number of hydrogen-bond acceptors (Lipinski definition) is 3. The van der Waals surface area contributed by atoms with Crippen LogP contribution >= 0.6 is 0 Å². The number of nitrogens with two attached hydrogens (primary N) is 1. The van der Waals surface area contributed by atoms with E-state index in [0.29, 0.717) is 17.6 Å². The number of amidine groups is 1. The van der Waals surface area contributed by atoms with Crippen LogP contribution in [0.15, 0.2) is 17.4 Å². The van der Waals surface area contributed by atoms with Crippen molar-refractivity contribution in [2.75, 3.05) is 19.6 Å². The maximum atomic E-state index is 11.1. The molecule has 0 fully saturated rings. The molecule has 0 amide bonds. The molecule has 0 spiro atoms. The Labute approximate surface area is 128 Å². The first kappa shape index (κ1) is 17.9. The topological polar surface area (TPSA) is 75.7 Å². The Morgan fingerprint density at radius 1 is 1.24 bits per heavy atom. The van der Waals surface area contributed by atoms with Crippen LogP contribution in [0.4, 0.5) is 0 Å². The summed E-state index contributed by atoms with van der Waals surface area (Å²) >= 11 is 0. The molecule has 0 aromatic carbocycles. The normalized spacial score (nSPS) is 20.8. The third-order valence-electron chi connectivity index (χ3n) is 4.04. The quantitative estimate of drug-likeness (QED) is 0.429. The molecule has 21 heavy (non-hydrogen) atoms. The van der Waals surface area contributed by atoms with Gasteiger partial charge in [-0.25, -0.2) is 14.3 Å². The van der Waals surface area contributed by atoms with Gasteiger partial charge in [0.2, 0.25) is 5.84 Å². The molecule has 1 aliphatic rings. The zero-order valence-corrected chi connectivity index (χ0v) is 13.3. The van der Waals surface area contributed by atoms with Gasteiger partial charge in [-0.15, -0.1) is 0 Å². The fraction of sp³-hybridized carbons (Fsp3) is 0.750. The highest BCUT2D eigenvalue weighted by Crippen LogP contribution is 2.21. The van der Waals surface area contributed by atoms with E-state index in [1.807, 2.05) is 6.20 Å². The van der Waals surface area contributed by atoms with Crippen molar-refractivity contribution in [2.24, 2.45) is 10.7 Å². The van der Waals surface area contributed by atoms with Crippen LogP contribution in [0.25, 0.3) is 0 Å². The minimum atomic E-state index is -0.803. The van der Waals surface area contributed by atoms with E-state index in [4.69, 9.17) is 10.8 Å². The van der Waals surface area contributed by atoms with Crippen LogP contribution < -0.4 is 5.73 Å². The van der Waals surface area contributed by atoms with Gasteiger partial charge in [-0.05, 0) is 6.42 Å². The molecule has 1 heterocycles. The second-order valence-corrected chi connectivity index (χ2v) is 5.81. The van der Waals surface area contributed by atoms with Crippen molar-refractivity contribution in [2.45, 2.75) is 58.3 Å². The van der Waals surface area contributed by atoms with E-state index in [1.165, 1.54) is 38.5 Å². The summed E-state index contributed by atoms with van der Waals surface area (Å²) in [5, 5.41) is 9.13. The first-order valence-corrected chi connectivity index (χ1v) is 8.18. The minimum absolute atomic E-state index is 0.0447. The molecule has 3 N–H and O–H groups in total. The number of aliphatic imine (C=N–C) groups is 1. The number of quaternary nitrogens is 1. The smallest absolute Gasteiger partial charge is 0.360 e. The van der Waals surface area contributed by atoms with Crippen LogP contribution in [0.5, 0.6) is 0 Å². The third-order valence-corrected chi connectivity index (χ3v) is 4.04. The van der Waals surface area contributed by atoms with Crippen LogP contribution in [-0.4, -0.2) is 41.0 Å².